The van der Waals surface area contributed by atoms with E-state index in [1.54, 1.807) is 11.1 Å². The summed E-state index contributed by atoms with van der Waals surface area (Å²) < 4.78 is 0. The summed E-state index contributed by atoms with van der Waals surface area (Å²) in [4.78, 5) is 0. The molecule has 0 aromatic heterocycles. The first-order valence-corrected chi connectivity index (χ1v) is 8.73. The molecule has 0 heterocycles. The van der Waals surface area contributed by atoms with Gasteiger partial charge in [0.1, 0.15) is 0 Å². The Bertz CT molecular complexity index is 676. The third-order valence-electron chi connectivity index (χ3n) is 4.72. The number of fused-ring (bicyclic) bond motifs is 1. The van der Waals surface area contributed by atoms with Crippen molar-refractivity contribution in [3.63, 3.8) is 0 Å². The maximum absolute atomic E-state index is 2.33. The van der Waals surface area contributed by atoms with Crippen molar-refractivity contribution in [1.29, 1.82) is 0 Å². The highest BCUT2D eigenvalue weighted by molar-refractivity contribution is 5.97. The van der Waals surface area contributed by atoms with E-state index in [2.05, 4.69) is 62.4 Å². The molecule has 0 N–H and O–H groups in total. The van der Waals surface area contributed by atoms with Crippen LogP contribution in [0, 0.1) is 0 Å². The van der Waals surface area contributed by atoms with E-state index in [0.29, 0.717) is 0 Å². The van der Waals surface area contributed by atoms with Crippen LogP contribution in [0.25, 0.3) is 11.1 Å². The van der Waals surface area contributed by atoms with Gasteiger partial charge in [-0.2, -0.15) is 0 Å². The molecule has 0 unspecified atom stereocenters. The third-order valence-corrected chi connectivity index (χ3v) is 4.72. The number of rotatable bonds is 6. The van der Waals surface area contributed by atoms with Crippen LogP contribution < -0.4 is 0 Å². The molecule has 2 aromatic carbocycles. The lowest BCUT2D eigenvalue weighted by Gasteiger charge is -2.13. The van der Waals surface area contributed by atoms with Crippen molar-refractivity contribution in [3.8, 4) is 0 Å². The molecule has 0 heteroatoms. The number of aryl methyl sites for hydroxylation is 1. The summed E-state index contributed by atoms with van der Waals surface area (Å²) >= 11 is 0. The Morgan fingerprint density at radius 2 is 1.50 bits per heavy atom. The summed E-state index contributed by atoms with van der Waals surface area (Å²) in [7, 11) is 0. The van der Waals surface area contributed by atoms with Crippen molar-refractivity contribution in [1.82, 2.24) is 0 Å². The van der Waals surface area contributed by atoms with Crippen LogP contribution in [-0.4, -0.2) is 0 Å². The quantitative estimate of drug-likeness (QED) is 0.586. The Kier molecular flexibility index (Phi) is 4.77. The van der Waals surface area contributed by atoms with Gasteiger partial charge in [0.2, 0.25) is 0 Å². The lowest BCUT2D eigenvalue weighted by atomic mass is 9.92. The van der Waals surface area contributed by atoms with Gasteiger partial charge in [0.25, 0.3) is 0 Å². The smallest absolute Gasteiger partial charge is 0.00107 e. The lowest BCUT2D eigenvalue weighted by Crippen LogP contribution is -1.95. The fourth-order valence-corrected chi connectivity index (χ4v) is 3.63. The van der Waals surface area contributed by atoms with E-state index in [0.717, 1.165) is 6.42 Å². The molecule has 0 saturated carbocycles. The fourth-order valence-electron chi connectivity index (χ4n) is 3.63. The van der Waals surface area contributed by atoms with Gasteiger partial charge in [-0.25, -0.2) is 0 Å². The topological polar surface area (TPSA) is 0 Å². The minimum absolute atomic E-state index is 1.11. The van der Waals surface area contributed by atoms with Crippen molar-refractivity contribution >= 4 is 11.1 Å². The Balaban J connectivity index is 2.07. The zero-order chi connectivity index (χ0) is 15.4. The number of allylic oxidation sites excluding steroid dienone is 2. The van der Waals surface area contributed by atoms with E-state index >= 15 is 0 Å². The summed E-state index contributed by atoms with van der Waals surface area (Å²) in [5.41, 5.74) is 9.19. The Morgan fingerprint density at radius 1 is 0.773 bits per heavy atom. The second-order valence-electron chi connectivity index (χ2n) is 6.30. The molecular formula is C22H26. The van der Waals surface area contributed by atoms with Crippen molar-refractivity contribution in [3.05, 3.63) is 70.8 Å². The predicted molar refractivity (Wildman–Crippen MR) is 96.9 cm³/mol. The molecule has 2 aromatic rings. The van der Waals surface area contributed by atoms with Crippen LogP contribution in [0.3, 0.4) is 0 Å². The molecule has 0 saturated heterocycles. The van der Waals surface area contributed by atoms with Gasteiger partial charge in [0.05, 0.1) is 0 Å². The van der Waals surface area contributed by atoms with Gasteiger partial charge in [-0.05, 0) is 59.1 Å². The van der Waals surface area contributed by atoms with Crippen molar-refractivity contribution in [2.45, 2.75) is 52.4 Å². The monoisotopic (exact) mass is 290 g/mol. The molecule has 0 bridgehead atoms. The maximum Gasteiger partial charge on any atom is -0.00107 e. The lowest BCUT2D eigenvalue weighted by molar-refractivity contribution is 0.825. The molecule has 3 rings (SSSR count). The van der Waals surface area contributed by atoms with Crippen LogP contribution >= 0.6 is 0 Å². The summed E-state index contributed by atoms with van der Waals surface area (Å²) in [5, 5.41) is 0. The van der Waals surface area contributed by atoms with Crippen LogP contribution in [0.5, 0.6) is 0 Å². The summed E-state index contributed by atoms with van der Waals surface area (Å²) in [6.45, 7) is 4.55. The molecule has 1 aliphatic rings. The molecule has 0 fully saturated rings. The molecule has 114 valence electrons. The average molecular weight is 290 g/mol. The highest BCUT2D eigenvalue weighted by Gasteiger charge is 2.22. The van der Waals surface area contributed by atoms with Gasteiger partial charge >= 0.3 is 0 Å². The molecule has 0 atom stereocenters. The first-order chi connectivity index (χ1) is 10.8. The van der Waals surface area contributed by atoms with Gasteiger partial charge in [-0.3, -0.25) is 0 Å². The van der Waals surface area contributed by atoms with E-state index in [1.165, 1.54) is 54.4 Å². The van der Waals surface area contributed by atoms with E-state index in [4.69, 9.17) is 0 Å². The highest BCUT2D eigenvalue weighted by atomic mass is 14.3. The number of unbranched alkanes of at least 4 members (excludes halogenated alkanes) is 1. The maximum atomic E-state index is 2.33. The summed E-state index contributed by atoms with van der Waals surface area (Å²) in [5.74, 6) is 0. The molecule has 1 aliphatic carbocycles. The molecule has 0 nitrogen and oxygen atoms in total. The second kappa shape index (κ2) is 6.96. The summed E-state index contributed by atoms with van der Waals surface area (Å²) in [6, 6.07) is 18.0. The Labute approximate surface area is 134 Å². The first-order valence-electron chi connectivity index (χ1n) is 8.73. The van der Waals surface area contributed by atoms with E-state index in [-0.39, 0.29) is 0 Å². The molecule has 0 amide bonds. The number of hydrogen-bond acceptors (Lipinski definition) is 0. The normalized spacial score (nSPS) is 13.5. The van der Waals surface area contributed by atoms with E-state index in [1.807, 2.05) is 0 Å². The third kappa shape index (κ3) is 2.88. The van der Waals surface area contributed by atoms with Crippen LogP contribution in [0.2, 0.25) is 0 Å². The van der Waals surface area contributed by atoms with Gasteiger partial charge in [-0.1, -0.05) is 75.2 Å². The first kappa shape index (κ1) is 15.1. The van der Waals surface area contributed by atoms with Crippen molar-refractivity contribution in [2.24, 2.45) is 0 Å². The van der Waals surface area contributed by atoms with Gasteiger partial charge in [0.15, 0.2) is 0 Å². The average Bonchev–Trinajstić information content (AvgIpc) is 2.92. The minimum atomic E-state index is 1.11. The highest BCUT2D eigenvalue weighted by Crippen LogP contribution is 2.41. The number of hydrogen-bond donors (Lipinski definition) is 0. The Morgan fingerprint density at radius 3 is 2.27 bits per heavy atom. The zero-order valence-electron chi connectivity index (χ0n) is 13.9. The largest absolute Gasteiger partial charge is 0.0654 e. The predicted octanol–water partition coefficient (Wildman–Crippen LogP) is 6.30. The van der Waals surface area contributed by atoms with Crippen molar-refractivity contribution in [2.75, 3.05) is 0 Å². The van der Waals surface area contributed by atoms with Crippen LogP contribution in [-0.2, 0) is 12.8 Å². The number of benzene rings is 2. The molecule has 22 heavy (non-hydrogen) atoms. The van der Waals surface area contributed by atoms with Crippen LogP contribution in [0.1, 0.15) is 61.8 Å². The van der Waals surface area contributed by atoms with Crippen LogP contribution in [0.15, 0.2) is 48.5 Å². The van der Waals surface area contributed by atoms with Gasteiger partial charge in [0, 0.05) is 0 Å². The van der Waals surface area contributed by atoms with E-state index in [9.17, 15) is 0 Å². The van der Waals surface area contributed by atoms with Crippen LogP contribution in [0.4, 0.5) is 0 Å². The fraction of sp³-hybridized carbons (Fsp3) is 0.364. The van der Waals surface area contributed by atoms with Gasteiger partial charge in [-0.15, -0.1) is 0 Å². The molecule has 0 aliphatic heterocycles. The molecular weight excluding hydrogens is 264 g/mol. The minimum Gasteiger partial charge on any atom is -0.0654 e. The zero-order valence-corrected chi connectivity index (χ0v) is 13.9. The SMILES string of the molecule is CCCCC1=C(c2ccccc2CCC)Cc2ccccc21. The Hall–Kier alpha value is -1.82. The van der Waals surface area contributed by atoms with Crippen molar-refractivity contribution < 1.29 is 0 Å². The summed E-state index contributed by atoms with van der Waals surface area (Å²) in [6.07, 6.45) is 7.25. The van der Waals surface area contributed by atoms with Gasteiger partial charge < -0.3 is 0 Å². The standard InChI is InChI=1S/C22H26/c1-3-5-13-21-20-15-9-7-12-18(20)16-22(21)19-14-8-6-11-17(19)10-4-2/h6-9,11-12,14-15H,3-5,10,13,16H2,1-2H3. The molecule has 0 radical (unpaired) electrons. The van der Waals surface area contributed by atoms with E-state index < -0.39 is 0 Å². The molecule has 0 spiro atoms. The second-order valence-corrected chi connectivity index (χ2v) is 6.30.